The van der Waals surface area contributed by atoms with Crippen LogP contribution < -0.4 is 20.1 Å². The van der Waals surface area contributed by atoms with E-state index in [2.05, 4.69) is 10.6 Å². The van der Waals surface area contributed by atoms with E-state index in [4.69, 9.17) is 14.2 Å². The van der Waals surface area contributed by atoms with Crippen molar-refractivity contribution in [3.8, 4) is 11.5 Å². The second-order valence-corrected chi connectivity index (χ2v) is 5.74. The molecule has 0 radical (unpaired) electrons. The van der Waals surface area contributed by atoms with Gasteiger partial charge in [0.2, 0.25) is 0 Å². The fourth-order valence-corrected chi connectivity index (χ4v) is 2.54. The summed E-state index contributed by atoms with van der Waals surface area (Å²) in [4.78, 5) is 12.0. The Morgan fingerprint density at radius 1 is 0.962 bits per heavy atom. The van der Waals surface area contributed by atoms with Crippen LogP contribution in [-0.2, 0) is 11.2 Å². The van der Waals surface area contributed by atoms with Crippen LogP contribution in [0.2, 0.25) is 0 Å². The van der Waals surface area contributed by atoms with Crippen LogP contribution in [0.25, 0.3) is 0 Å². The molecule has 26 heavy (non-hydrogen) atoms. The minimum absolute atomic E-state index is 0.219. The molecular formula is C20H26N2O4. The van der Waals surface area contributed by atoms with Crippen molar-refractivity contribution < 1.29 is 19.0 Å². The molecule has 0 aliphatic heterocycles. The van der Waals surface area contributed by atoms with Gasteiger partial charge in [0.15, 0.2) is 0 Å². The lowest BCUT2D eigenvalue weighted by atomic mass is 10.1. The molecule has 1 unspecified atom stereocenters. The summed E-state index contributed by atoms with van der Waals surface area (Å²) in [5.74, 6) is 1.58. The van der Waals surface area contributed by atoms with Crippen molar-refractivity contribution in [1.29, 1.82) is 0 Å². The van der Waals surface area contributed by atoms with Crippen molar-refractivity contribution in [2.45, 2.75) is 12.5 Å². The second-order valence-electron chi connectivity index (χ2n) is 5.74. The van der Waals surface area contributed by atoms with E-state index in [0.717, 1.165) is 29.0 Å². The van der Waals surface area contributed by atoms with E-state index in [-0.39, 0.29) is 12.1 Å². The van der Waals surface area contributed by atoms with Crippen molar-refractivity contribution in [2.24, 2.45) is 0 Å². The van der Waals surface area contributed by atoms with Gasteiger partial charge in [-0.2, -0.15) is 0 Å². The molecule has 2 aromatic rings. The number of rotatable bonds is 9. The maximum Gasteiger partial charge on any atom is 0.314 e. The van der Waals surface area contributed by atoms with Gasteiger partial charge in [0.05, 0.1) is 20.3 Å². The minimum atomic E-state index is -0.238. The zero-order chi connectivity index (χ0) is 18.8. The van der Waals surface area contributed by atoms with Crippen LogP contribution in [0.15, 0.2) is 48.5 Å². The van der Waals surface area contributed by atoms with Crippen molar-refractivity contribution in [1.82, 2.24) is 10.6 Å². The first-order chi connectivity index (χ1) is 12.7. The average Bonchev–Trinajstić information content (AvgIpc) is 2.69. The lowest BCUT2D eigenvalue weighted by molar-refractivity contribution is 0.104. The highest BCUT2D eigenvalue weighted by Gasteiger charge is 2.12. The molecule has 2 N–H and O–H groups in total. The van der Waals surface area contributed by atoms with Crippen LogP contribution in [0.3, 0.4) is 0 Å². The maximum absolute atomic E-state index is 12.0. The van der Waals surface area contributed by atoms with Gasteiger partial charge in [-0.05, 0) is 41.8 Å². The van der Waals surface area contributed by atoms with Crippen molar-refractivity contribution in [3.63, 3.8) is 0 Å². The third-order valence-corrected chi connectivity index (χ3v) is 4.06. The van der Waals surface area contributed by atoms with E-state index in [1.807, 2.05) is 48.5 Å². The molecule has 0 saturated carbocycles. The second kappa shape index (κ2) is 10.3. The van der Waals surface area contributed by atoms with Gasteiger partial charge in [0, 0.05) is 20.2 Å². The molecule has 0 spiro atoms. The molecular weight excluding hydrogens is 332 g/mol. The molecule has 0 bridgehead atoms. The molecule has 2 amide bonds. The fraction of sp³-hybridized carbons (Fsp3) is 0.350. The van der Waals surface area contributed by atoms with Crippen LogP contribution in [0.5, 0.6) is 11.5 Å². The maximum atomic E-state index is 12.0. The van der Waals surface area contributed by atoms with Gasteiger partial charge in [-0.25, -0.2) is 4.79 Å². The van der Waals surface area contributed by atoms with Gasteiger partial charge in [0.25, 0.3) is 0 Å². The summed E-state index contributed by atoms with van der Waals surface area (Å²) in [6.07, 6.45) is 0.513. The summed E-state index contributed by atoms with van der Waals surface area (Å²) in [6, 6.07) is 15.2. The fourth-order valence-electron chi connectivity index (χ4n) is 2.54. The monoisotopic (exact) mass is 358 g/mol. The van der Waals surface area contributed by atoms with Gasteiger partial charge in [-0.1, -0.05) is 24.3 Å². The predicted octanol–water partition coefficient (Wildman–Crippen LogP) is 2.93. The summed E-state index contributed by atoms with van der Waals surface area (Å²) < 4.78 is 15.8. The number of carbonyl (C=O) groups is 1. The number of hydrogen-bond donors (Lipinski definition) is 2. The van der Waals surface area contributed by atoms with E-state index in [9.17, 15) is 4.79 Å². The number of methoxy groups -OCH3 is 3. The number of nitrogens with one attached hydrogen (secondary N) is 2. The summed E-state index contributed by atoms with van der Waals surface area (Å²) >= 11 is 0. The number of amides is 2. The zero-order valence-corrected chi connectivity index (χ0v) is 15.5. The van der Waals surface area contributed by atoms with Crippen LogP contribution in [0.4, 0.5) is 4.79 Å². The summed E-state index contributed by atoms with van der Waals surface area (Å²) in [7, 11) is 4.88. The lowest BCUT2D eigenvalue weighted by Crippen LogP contribution is -2.39. The summed E-state index contributed by atoms with van der Waals surface area (Å²) in [6.45, 7) is 0.924. The van der Waals surface area contributed by atoms with Crippen LogP contribution in [0, 0.1) is 0 Å². The Morgan fingerprint density at radius 2 is 1.69 bits per heavy atom. The van der Waals surface area contributed by atoms with Gasteiger partial charge in [-0.3, -0.25) is 0 Å². The van der Waals surface area contributed by atoms with Crippen molar-refractivity contribution >= 4 is 6.03 Å². The molecule has 0 saturated heterocycles. The normalized spacial score (nSPS) is 11.5. The van der Waals surface area contributed by atoms with E-state index >= 15 is 0 Å². The lowest BCUT2D eigenvalue weighted by Gasteiger charge is -2.17. The molecule has 6 nitrogen and oxygen atoms in total. The topological polar surface area (TPSA) is 68.8 Å². The van der Waals surface area contributed by atoms with Crippen LogP contribution in [-0.4, -0.2) is 40.5 Å². The highest BCUT2D eigenvalue weighted by Crippen LogP contribution is 2.20. The molecule has 0 aliphatic rings. The molecule has 0 heterocycles. The van der Waals surface area contributed by atoms with Crippen molar-refractivity contribution in [2.75, 3.05) is 34.4 Å². The van der Waals surface area contributed by atoms with E-state index in [0.29, 0.717) is 13.1 Å². The standard InChI is InChI=1S/C20H26N2O4/c1-24-17-9-7-15(8-10-17)11-12-21-20(23)22-14-19(26-3)16-5-4-6-18(13-16)25-2/h4-10,13,19H,11-12,14H2,1-3H3,(H2,21,22,23). The average molecular weight is 358 g/mol. The SMILES string of the molecule is COc1ccc(CCNC(=O)NCC(OC)c2cccc(OC)c2)cc1. The Kier molecular flexibility index (Phi) is 7.76. The summed E-state index contributed by atoms with van der Waals surface area (Å²) in [5.41, 5.74) is 2.09. The quantitative estimate of drug-likeness (QED) is 0.723. The van der Waals surface area contributed by atoms with E-state index < -0.39 is 0 Å². The molecule has 0 fully saturated rings. The Balaban J connectivity index is 1.75. The smallest absolute Gasteiger partial charge is 0.314 e. The first kappa shape index (κ1) is 19.6. The third-order valence-electron chi connectivity index (χ3n) is 4.06. The zero-order valence-electron chi connectivity index (χ0n) is 15.5. The Morgan fingerprint density at radius 3 is 2.35 bits per heavy atom. The predicted molar refractivity (Wildman–Crippen MR) is 101 cm³/mol. The Hall–Kier alpha value is -2.73. The van der Waals surface area contributed by atoms with Crippen molar-refractivity contribution in [3.05, 3.63) is 59.7 Å². The number of urea groups is 1. The molecule has 0 aromatic heterocycles. The number of carbonyl (C=O) groups excluding carboxylic acids is 1. The van der Waals surface area contributed by atoms with E-state index in [1.165, 1.54) is 0 Å². The molecule has 0 aliphatic carbocycles. The van der Waals surface area contributed by atoms with E-state index in [1.54, 1.807) is 21.3 Å². The molecule has 6 heteroatoms. The van der Waals surface area contributed by atoms with Gasteiger partial charge in [0.1, 0.15) is 11.5 Å². The Labute approximate surface area is 154 Å². The largest absolute Gasteiger partial charge is 0.497 e. The third kappa shape index (κ3) is 5.97. The van der Waals surface area contributed by atoms with Gasteiger partial charge >= 0.3 is 6.03 Å². The first-order valence-corrected chi connectivity index (χ1v) is 8.47. The first-order valence-electron chi connectivity index (χ1n) is 8.47. The van der Waals surface area contributed by atoms with Crippen LogP contribution in [0.1, 0.15) is 17.2 Å². The number of ether oxygens (including phenoxy) is 3. The van der Waals surface area contributed by atoms with Gasteiger partial charge in [-0.15, -0.1) is 0 Å². The Bertz CT molecular complexity index is 688. The summed E-state index contributed by atoms with van der Waals surface area (Å²) in [5, 5.41) is 5.69. The molecule has 2 rings (SSSR count). The number of hydrogen-bond acceptors (Lipinski definition) is 4. The highest BCUT2D eigenvalue weighted by atomic mass is 16.5. The van der Waals surface area contributed by atoms with Gasteiger partial charge < -0.3 is 24.8 Å². The highest BCUT2D eigenvalue weighted by molar-refractivity contribution is 5.73. The molecule has 2 aromatic carbocycles. The van der Waals surface area contributed by atoms with Crippen LogP contribution >= 0.6 is 0 Å². The number of benzene rings is 2. The molecule has 140 valence electrons. The minimum Gasteiger partial charge on any atom is -0.497 e. The molecule has 1 atom stereocenters.